The minimum absolute atomic E-state index is 1.04. The fourth-order valence-corrected chi connectivity index (χ4v) is 3.56. The Morgan fingerprint density at radius 3 is 1.88 bits per heavy atom. The molecule has 0 fully saturated rings. The molecule has 0 heterocycles. The quantitative estimate of drug-likeness (QED) is 0.183. The van der Waals surface area contributed by atoms with Gasteiger partial charge in [0.1, 0.15) is 0 Å². The van der Waals surface area contributed by atoms with E-state index in [0.717, 1.165) is 12.0 Å². The molecule has 0 amide bonds. The van der Waals surface area contributed by atoms with Crippen LogP contribution in [0.25, 0.3) is 0 Å². The molecule has 0 N–H and O–H groups in total. The van der Waals surface area contributed by atoms with Crippen molar-refractivity contribution in [3.05, 3.63) is 29.8 Å². The van der Waals surface area contributed by atoms with Crippen molar-refractivity contribution in [3.8, 4) is 11.8 Å². The highest BCUT2D eigenvalue weighted by molar-refractivity contribution is 7.98. The Morgan fingerprint density at radius 1 is 0.760 bits per heavy atom. The molecular weight excluding hydrogens is 320 g/mol. The summed E-state index contributed by atoms with van der Waals surface area (Å²) in [5, 5.41) is 0. The molecule has 0 aliphatic rings. The highest BCUT2D eigenvalue weighted by Gasteiger charge is 1.94. The number of thioether (sulfide) groups is 1. The lowest BCUT2D eigenvalue weighted by Crippen LogP contribution is -1.83. The third-order valence-corrected chi connectivity index (χ3v) is 5.43. The maximum absolute atomic E-state index is 3.33. The van der Waals surface area contributed by atoms with E-state index < -0.39 is 0 Å². The van der Waals surface area contributed by atoms with Crippen LogP contribution in [-0.4, -0.2) is 6.26 Å². The van der Waals surface area contributed by atoms with Gasteiger partial charge in [-0.25, -0.2) is 0 Å². The number of hydrogen-bond acceptors (Lipinski definition) is 1. The van der Waals surface area contributed by atoms with Gasteiger partial charge in [-0.2, -0.15) is 0 Å². The van der Waals surface area contributed by atoms with Gasteiger partial charge in [-0.15, -0.1) is 11.8 Å². The van der Waals surface area contributed by atoms with Crippen molar-refractivity contribution in [2.24, 2.45) is 0 Å². The average Bonchev–Trinajstić information content (AvgIpc) is 2.65. The first-order valence-electron chi connectivity index (χ1n) is 10.5. The van der Waals surface area contributed by atoms with Crippen LogP contribution in [0.1, 0.15) is 102 Å². The summed E-state index contributed by atoms with van der Waals surface area (Å²) in [5.41, 5.74) is 1.15. The molecule has 0 bridgehead atoms. The summed E-state index contributed by atoms with van der Waals surface area (Å²) in [6, 6.07) is 8.53. The van der Waals surface area contributed by atoms with Gasteiger partial charge >= 0.3 is 0 Å². The molecule has 0 spiro atoms. The van der Waals surface area contributed by atoms with Crippen molar-refractivity contribution in [3.63, 3.8) is 0 Å². The van der Waals surface area contributed by atoms with Gasteiger partial charge in [0.25, 0.3) is 0 Å². The Kier molecular flexibility index (Phi) is 14.7. The number of hydrogen-bond donors (Lipinski definition) is 0. The van der Waals surface area contributed by atoms with E-state index in [4.69, 9.17) is 0 Å². The second kappa shape index (κ2) is 16.6. The first kappa shape index (κ1) is 22.2. The summed E-state index contributed by atoms with van der Waals surface area (Å²) in [7, 11) is 0. The lowest BCUT2D eigenvalue weighted by molar-refractivity contribution is 0.540. The van der Waals surface area contributed by atoms with E-state index in [1.807, 2.05) is 0 Å². The molecule has 0 radical (unpaired) electrons. The lowest BCUT2D eigenvalue weighted by Gasteiger charge is -2.02. The molecule has 0 saturated carbocycles. The third-order valence-electron chi connectivity index (χ3n) is 4.71. The SMILES string of the molecule is CCCCCCCCCCCCCCCC#Cc1cccc(SC)c1. The zero-order valence-corrected chi connectivity index (χ0v) is 17.4. The minimum Gasteiger partial charge on any atom is -0.130 e. The van der Waals surface area contributed by atoms with E-state index in [0.29, 0.717) is 0 Å². The molecule has 1 aromatic rings. The van der Waals surface area contributed by atoms with Gasteiger partial charge in [-0.05, 0) is 30.9 Å². The highest BCUT2D eigenvalue weighted by Crippen LogP contribution is 2.15. The predicted molar refractivity (Wildman–Crippen MR) is 115 cm³/mol. The lowest BCUT2D eigenvalue weighted by atomic mass is 10.0. The van der Waals surface area contributed by atoms with E-state index >= 15 is 0 Å². The normalized spacial score (nSPS) is 10.5. The smallest absolute Gasteiger partial charge is 0.0256 e. The second-order valence-electron chi connectivity index (χ2n) is 7.03. The standard InChI is InChI=1S/C24H38S/c1-3-4-5-6-7-8-9-10-11-12-13-14-15-16-17-19-23-20-18-21-24(22-23)25-2/h18,20-22H,3-16H2,1-2H3. The van der Waals surface area contributed by atoms with Gasteiger partial charge in [0.15, 0.2) is 0 Å². The first-order valence-corrected chi connectivity index (χ1v) is 11.7. The Hall–Kier alpha value is -0.870. The van der Waals surface area contributed by atoms with Crippen molar-refractivity contribution in [1.29, 1.82) is 0 Å². The van der Waals surface area contributed by atoms with Crippen molar-refractivity contribution in [2.45, 2.75) is 102 Å². The first-order chi connectivity index (χ1) is 12.4. The van der Waals surface area contributed by atoms with Crippen molar-refractivity contribution in [2.75, 3.05) is 6.26 Å². The summed E-state index contributed by atoms with van der Waals surface area (Å²) in [5.74, 6) is 6.63. The van der Waals surface area contributed by atoms with Gasteiger partial charge in [-0.3, -0.25) is 0 Å². The van der Waals surface area contributed by atoms with Crippen molar-refractivity contribution >= 4 is 11.8 Å². The van der Waals surface area contributed by atoms with Crippen LogP contribution in [0.2, 0.25) is 0 Å². The van der Waals surface area contributed by atoms with Gasteiger partial charge in [0.2, 0.25) is 0 Å². The van der Waals surface area contributed by atoms with Crippen LogP contribution in [0.4, 0.5) is 0 Å². The Labute approximate surface area is 161 Å². The predicted octanol–water partition coefficient (Wildman–Crippen LogP) is 8.24. The summed E-state index contributed by atoms with van der Waals surface area (Å²) < 4.78 is 0. The summed E-state index contributed by atoms with van der Waals surface area (Å²) in [6.07, 6.45) is 21.5. The molecular formula is C24H38S. The van der Waals surface area contributed by atoms with E-state index in [1.165, 1.54) is 88.4 Å². The van der Waals surface area contributed by atoms with Crippen LogP contribution >= 0.6 is 11.8 Å². The van der Waals surface area contributed by atoms with Gasteiger partial charge in [0.05, 0.1) is 0 Å². The third kappa shape index (κ3) is 13.1. The van der Waals surface area contributed by atoms with Gasteiger partial charge in [-0.1, -0.05) is 102 Å². The van der Waals surface area contributed by atoms with Crippen LogP contribution in [0, 0.1) is 11.8 Å². The molecule has 0 aromatic heterocycles. The molecule has 0 saturated heterocycles. The highest BCUT2D eigenvalue weighted by atomic mass is 32.2. The minimum atomic E-state index is 1.04. The van der Waals surface area contributed by atoms with Crippen molar-refractivity contribution in [1.82, 2.24) is 0 Å². The fourth-order valence-electron chi connectivity index (χ4n) is 3.10. The zero-order chi connectivity index (χ0) is 18.0. The molecule has 0 unspecified atom stereocenters. The van der Waals surface area contributed by atoms with Crippen LogP contribution in [0.3, 0.4) is 0 Å². The zero-order valence-electron chi connectivity index (χ0n) is 16.6. The number of rotatable bonds is 14. The fraction of sp³-hybridized carbons (Fsp3) is 0.667. The van der Waals surface area contributed by atoms with Crippen LogP contribution in [0.5, 0.6) is 0 Å². The molecule has 25 heavy (non-hydrogen) atoms. The van der Waals surface area contributed by atoms with E-state index in [2.05, 4.69) is 49.3 Å². The van der Waals surface area contributed by atoms with Crippen LogP contribution in [-0.2, 0) is 0 Å². The largest absolute Gasteiger partial charge is 0.130 e. The molecule has 0 nitrogen and oxygen atoms in total. The Balaban J connectivity index is 1.88. The number of unbranched alkanes of at least 4 members (excludes halogenated alkanes) is 13. The van der Waals surface area contributed by atoms with E-state index in [1.54, 1.807) is 11.8 Å². The van der Waals surface area contributed by atoms with E-state index in [-0.39, 0.29) is 0 Å². The monoisotopic (exact) mass is 358 g/mol. The van der Waals surface area contributed by atoms with E-state index in [9.17, 15) is 0 Å². The van der Waals surface area contributed by atoms with Crippen molar-refractivity contribution < 1.29 is 0 Å². The summed E-state index contributed by atoms with van der Waals surface area (Å²) >= 11 is 1.78. The molecule has 140 valence electrons. The van der Waals surface area contributed by atoms with Crippen LogP contribution < -0.4 is 0 Å². The second-order valence-corrected chi connectivity index (χ2v) is 7.91. The molecule has 1 rings (SSSR count). The average molecular weight is 359 g/mol. The maximum atomic E-state index is 3.33. The summed E-state index contributed by atoms with van der Waals surface area (Å²) in [6.45, 7) is 2.29. The van der Waals surface area contributed by atoms with Gasteiger partial charge < -0.3 is 0 Å². The maximum Gasteiger partial charge on any atom is 0.0256 e. The van der Waals surface area contributed by atoms with Crippen LogP contribution in [0.15, 0.2) is 29.2 Å². The Bertz CT molecular complexity index is 480. The Morgan fingerprint density at radius 2 is 1.32 bits per heavy atom. The molecule has 0 aliphatic heterocycles. The molecule has 1 aromatic carbocycles. The molecule has 0 aliphatic carbocycles. The molecule has 0 atom stereocenters. The molecule has 1 heteroatoms. The number of benzene rings is 1. The van der Waals surface area contributed by atoms with Gasteiger partial charge in [0, 0.05) is 16.9 Å². The topological polar surface area (TPSA) is 0 Å². The summed E-state index contributed by atoms with van der Waals surface area (Å²) in [4.78, 5) is 1.30.